The Bertz CT molecular complexity index is 129. The van der Waals surface area contributed by atoms with Crippen LogP contribution < -0.4 is 0 Å². The molecule has 0 amide bonds. The van der Waals surface area contributed by atoms with Gasteiger partial charge in [0.05, 0.1) is 0 Å². The SMILES string of the molecule is C=CC(C)/C=C\C(=C)C. The van der Waals surface area contributed by atoms with E-state index in [1.807, 2.05) is 19.1 Å². The molecule has 0 rings (SSSR count). The maximum absolute atomic E-state index is 3.74. The first-order chi connectivity index (χ1) is 4.16. The molecule has 0 saturated carbocycles. The highest BCUT2D eigenvalue weighted by molar-refractivity contribution is 5.13. The molecule has 0 heterocycles. The zero-order valence-electron chi connectivity index (χ0n) is 6.22. The molecule has 0 N–H and O–H groups in total. The first-order valence-corrected chi connectivity index (χ1v) is 3.13. The van der Waals surface area contributed by atoms with Crippen molar-refractivity contribution in [3.8, 4) is 0 Å². The Hall–Kier alpha value is -0.780. The fraction of sp³-hybridized carbons (Fsp3) is 0.333. The van der Waals surface area contributed by atoms with Gasteiger partial charge in [-0.25, -0.2) is 0 Å². The van der Waals surface area contributed by atoms with E-state index in [9.17, 15) is 0 Å². The minimum atomic E-state index is 0.460. The molecule has 0 spiro atoms. The average Bonchev–Trinajstić information content (AvgIpc) is 1.83. The zero-order valence-corrected chi connectivity index (χ0v) is 6.22. The minimum absolute atomic E-state index is 0.460. The highest BCUT2D eigenvalue weighted by Gasteiger charge is 1.84. The van der Waals surface area contributed by atoms with Crippen LogP contribution in [0.3, 0.4) is 0 Å². The van der Waals surface area contributed by atoms with Crippen molar-refractivity contribution < 1.29 is 0 Å². The Morgan fingerprint density at radius 3 is 2.44 bits per heavy atom. The molecule has 9 heavy (non-hydrogen) atoms. The largest absolute Gasteiger partial charge is 0.102 e. The third-order valence-electron chi connectivity index (χ3n) is 1.06. The van der Waals surface area contributed by atoms with Gasteiger partial charge < -0.3 is 0 Å². The molecule has 0 aliphatic heterocycles. The smallest absolute Gasteiger partial charge is 0.00813 e. The van der Waals surface area contributed by atoms with Gasteiger partial charge in [-0.3, -0.25) is 0 Å². The van der Waals surface area contributed by atoms with Crippen molar-refractivity contribution in [2.75, 3.05) is 0 Å². The number of allylic oxidation sites excluding steroid dienone is 4. The Balaban J connectivity index is 3.69. The van der Waals surface area contributed by atoms with E-state index in [1.54, 1.807) is 0 Å². The second-order valence-electron chi connectivity index (χ2n) is 2.30. The lowest BCUT2D eigenvalue weighted by Crippen LogP contribution is -1.79. The molecule has 50 valence electrons. The highest BCUT2D eigenvalue weighted by atomic mass is 13.9. The summed E-state index contributed by atoms with van der Waals surface area (Å²) in [7, 11) is 0. The molecule has 0 fully saturated rings. The van der Waals surface area contributed by atoms with E-state index in [4.69, 9.17) is 0 Å². The number of hydrogen-bond acceptors (Lipinski definition) is 0. The van der Waals surface area contributed by atoms with Crippen LogP contribution >= 0.6 is 0 Å². The van der Waals surface area contributed by atoms with E-state index >= 15 is 0 Å². The Morgan fingerprint density at radius 2 is 2.11 bits per heavy atom. The summed E-state index contributed by atoms with van der Waals surface area (Å²) in [5.74, 6) is 0.460. The lowest BCUT2D eigenvalue weighted by molar-refractivity contribution is 0.942. The van der Waals surface area contributed by atoms with E-state index in [-0.39, 0.29) is 0 Å². The van der Waals surface area contributed by atoms with Crippen LogP contribution in [0.5, 0.6) is 0 Å². The minimum Gasteiger partial charge on any atom is -0.102 e. The molecule has 0 heteroatoms. The molecule has 0 bridgehead atoms. The van der Waals surface area contributed by atoms with Crippen molar-refractivity contribution in [1.29, 1.82) is 0 Å². The summed E-state index contributed by atoms with van der Waals surface area (Å²) in [5.41, 5.74) is 1.09. The van der Waals surface area contributed by atoms with Gasteiger partial charge in [0.2, 0.25) is 0 Å². The van der Waals surface area contributed by atoms with Crippen molar-refractivity contribution in [1.82, 2.24) is 0 Å². The topological polar surface area (TPSA) is 0 Å². The predicted molar refractivity (Wildman–Crippen MR) is 43.3 cm³/mol. The molecule has 0 radical (unpaired) electrons. The lowest BCUT2D eigenvalue weighted by Gasteiger charge is -1.93. The first-order valence-electron chi connectivity index (χ1n) is 3.13. The molecule has 0 aliphatic carbocycles. The van der Waals surface area contributed by atoms with Crippen LogP contribution in [0.2, 0.25) is 0 Å². The standard InChI is InChI=1S/C9H14/c1-5-9(4)7-6-8(2)3/h5-7,9H,1-2H2,3-4H3/b7-6-. The van der Waals surface area contributed by atoms with Crippen LogP contribution in [0.4, 0.5) is 0 Å². The molecule has 0 aromatic rings. The van der Waals surface area contributed by atoms with Crippen molar-refractivity contribution in [3.63, 3.8) is 0 Å². The van der Waals surface area contributed by atoms with Gasteiger partial charge in [0.15, 0.2) is 0 Å². The van der Waals surface area contributed by atoms with Gasteiger partial charge in [0, 0.05) is 0 Å². The van der Waals surface area contributed by atoms with Gasteiger partial charge in [-0.2, -0.15) is 0 Å². The van der Waals surface area contributed by atoms with E-state index in [2.05, 4.69) is 26.2 Å². The third kappa shape index (κ3) is 5.09. The van der Waals surface area contributed by atoms with Crippen molar-refractivity contribution >= 4 is 0 Å². The average molecular weight is 122 g/mol. The van der Waals surface area contributed by atoms with E-state index < -0.39 is 0 Å². The number of rotatable bonds is 3. The van der Waals surface area contributed by atoms with Gasteiger partial charge in [0.25, 0.3) is 0 Å². The molecule has 0 aromatic carbocycles. The van der Waals surface area contributed by atoms with Gasteiger partial charge in [-0.1, -0.05) is 37.3 Å². The highest BCUT2D eigenvalue weighted by Crippen LogP contribution is 1.99. The summed E-state index contributed by atoms with van der Waals surface area (Å²) in [6.45, 7) is 11.5. The molecule has 0 nitrogen and oxygen atoms in total. The zero-order chi connectivity index (χ0) is 7.28. The number of hydrogen-bond donors (Lipinski definition) is 0. The van der Waals surface area contributed by atoms with Gasteiger partial charge >= 0.3 is 0 Å². The van der Waals surface area contributed by atoms with Crippen molar-refractivity contribution in [2.24, 2.45) is 5.92 Å². The monoisotopic (exact) mass is 122 g/mol. The Kier molecular flexibility index (Phi) is 3.78. The predicted octanol–water partition coefficient (Wildman–Crippen LogP) is 2.94. The quantitative estimate of drug-likeness (QED) is 0.399. The summed E-state index contributed by atoms with van der Waals surface area (Å²) >= 11 is 0. The van der Waals surface area contributed by atoms with E-state index in [0.29, 0.717) is 5.92 Å². The maximum Gasteiger partial charge on any atom is -0.00813 e. The molecule has 0 saturated heterocycles. The maximum atomic E-state index is 3.74. The second-order valence-corrected chi connectivity index (χ2v) is 2.30. The van der Waals surface area contributed by atoms with Crippen LogP contribution in [0.1, 0.15) is 13.8 Å². The van der Waals surface area contributed by atoms with E-state index in [1.165, 1.54) is 0 Å². The van der Waals surface area contributed by atoms with Crippen LogP contribution in [0.15, 0.2) is 37.0 Å². The van der Waals surface area contributed by atoms with Gasteiger partial charge in [-0.15, -0.1) is 6.58 Å². The van der Waals surface area contributed by atoms with Crippen LogP contribution in [0, 0.1) is 5.92 Å². The fourth-order valence-electron chi connectivity index (χ4n) is 0.395. The lowest BCUT2D eigenvalue weighted by atomic mass is 10.1. The Labute approximate surface area is 57.6 Å². The van der Waals surface area contributed by atoms with Gasteiger partial charge in [-0.05, 0) is 12.8 Å². The molecule has 1 atom stereocenters. The molecular formula is C9H14. The first kappa shape index (κ1) is 8.22. The van der Waals surface area contributed by atoms with Crippen LogP contribution in [-0.2, 0) is 0 Å². The molecular weight excluding hydrogens is 108 g/mol. The van der Waals surface area contributed by atoms with Crippen LogP contribution in [0.25, 0.3) is 0 Å². The second kappa shape index (κ2) is 4.13. The fourth-order valence-corrected chi connectivity index (χ4v) is 0.395. The molecule has 0 aromatic heterocycles. The third-order valence-corrected chi connectivity index (χ3v) is 1.06. The summed E-state index contributed by atoms with van der Waals surface area (Å²) in [6.07, 6.45) is 5.99. The normalized spacial score (nSPS) is 13.6. The molecule has 0 aliphatic rings. The van der Waals surface area contributed by atoms with E-state index in [0.717, 1.165) is 5.57 Å². The Morgan fingerprint density at radius 1 is 1.56 bits per heavy atom. The summed E-state index contributed by atoms with van der Waals surface area (Å²) in [4.78, 5) is 0. The summed E-state index contributed by atoms with van der Waals surface area (Å²) in [5, 5.41) is 0. The summed E-state index contributed by atoms with van der Waals surface area (Å²) in [6, 6.07) is 0. The molecule has 1 unspecified atom stereocenters. The van der Waals surface area contributed by atoms with Crippen LogP contribution in [-0.4, -0.2) is 0 Å². The van der Waals surface area contributed by atoms with Crippen molar-refractivity contribution in [2.45, 2.75) is 13.8 Å². The van der Waals surface area contributed by atoms with Crippen molar-refractivity contribution in [3.05, 3.63) is 37.0 Å². The van der Waals surface area contributed by atoms with Gasteiger partial charge in [0.1, 0.15) is 0 Å². The summed E-state index contributed by atoms with van der Waals surface area (Å²) < 4.78 is 0.